The molecule has 0 spiro atoms. The number of carbonyl (C=O) groups excluding carboxylic acids is 4. The van der Waals surface area contributed by atoms with Crippen LogP contribution in [0.15, 0.2) is 48.5 Å². The predicted octanol–water partition coefficient (Wildman–Crippen LogP) is 6.10. The van der Waals surface area contributed by atoms with Gasteiger partial charge in [-0.2, -0.15) is 0 Å². The number of hydrogen-bond donors (Lipinski definition) is 0. The molecule has 248 valence electrons. The summed E-state index contributed by atoms with van der Waals surface area (Å²) in [4.78, 5) is 46.1. The number of esters is 2. The second kappa shape index (κ2) is 24.9. The van der Waals surface area contributed by atoms with Crippen LogP contribution >= 0.6 is 0 Å². The highest BCUT2D eigenvalue weighted by atomic mass is 16.6. The van der Waals surface area contributed by atoms with Crippen molar-refractivity contribution in [1.29, 1.82) is 0 Å². The number of methoxy groups -OCH3 is 2. The lowest BCUT2D eigenvalue weighted by Gasteiger charge is -2.19. The van der Waals surface area contributed by atoms with Crippen molar-refractivity contribution in [1.82, 2.24) is 0 Å². The Morgan fingerprint density at radius 1 is 0.591 bits per heavy atom. The van der Waals surface area contributed by atoms with Gasteiger partial charge < -0.3 is 28.4 Å². The molecule has 0 aliphatic carbocycles. The number of rotatable bonds is 18. The van der Waals surface area contributed by atoms with E-state index in [-0.39, 0.29) is 45.1 Å². The minimum Gasteiger partial charge on any atom is -0.460 e. The third kappa shape index (κ3) is 18.3. The first-order valence-electron chi connectivity index (χ1n) is 13.8. The summed E-state index contributed by atoms with van der Waals surface area (Å²) in [5.74, 6) is -0.469. The average Bonchev–Trinajstić information content (AvgIpc) is 2.96. The highest BCUT2D eigenvalue weighted by molar-refractivity contribution is 5.96. The lowest BCUT2D eigenvalue weighted by atomic mass is 10.1. The van der Waals surface area contributed by atoms with Crippen molar-refractivity contribution in [3.05, 3.63) is 70.8 Å². The van der Waals surface area contributed by atoms with E-state index in [1.807, 2.05) is 0 Å². The lowest BCUT2D eigenvalue weighted by molar-refractivity contribution is -0.000721. The number of hydrogen-bond acceptors (Lipinski definition) is 10. The van der Waals surface area contributed by atoms with Gasteiger partial charge in [-0.1, -0.05) is 53.0 Å². The van der Waals surface area contributed by atoms with Gasteiger partial charge >= 0.3 is 11.9 Å². The zero-order chi connectivity index (χ0) is 31.3. The Morgan fingerprint density at radius 2 is 1.00 bits per heavy atom. The van der Waals surface area contributed by atoms with E-state index in [0.29, 0.717) is 67.8 Å². The molecule has 0 aromatic heterocycles. The summed E-state index contributed by atoms with van der Waals surface area (Å²) in [7, 11) is 3.20. The Hall–Kier alpha value is -3.44. The van der Waals surface area contributed by atoms with Crippen molar-refractivity contribution in [3.8, 4) is 0 Å². The summed E-state index contributed by atoms with van der Waals surface area (Å²) in [6.07, 6.45) is 0.505. The maximum atomic E-state index is 12.0. The van der Waals surface area contributed by atoms with Gasteiger partial charge in [0.15, 0.2) is 11.6 Å². The molecule has 1 unspecified atom stereocenters. The van der Waals surface area contributed by atoms with Gasteiger partial charge in [-0.15, -0.1) is 0 Å². The van der Waals surface area contributed by atoms with Gasteiger partial charge in [0, 0.05) is 25.3 Å². The molecule has 10 heteroatoms. The second-order valence-electron chi connectivity index (χ2n) is 9.73. The zero-order valence-corrected chi connectivity index (χ0v) is 25.5. The molecule has 1 atom stereocenters. The van der Waals surface area contributed by atoms with E-state index in [0.717, 1.165) is 6.42 Å². The van der Waals surface area contributed by atoms with Crippen molar-refractivity contribution in [2.75, 3.05) is 60.5 Å². The Labute approximate surface area is 263 Å². The summed E-state index contributed by atoms with van der Waals surface area (Å²) in [6, 6.07) is 12.8. The Balaban J connectivity index is 0. The van der Waals surface area contributed by atoms with Crippen LogP contribution in [-0.2, 0) is 28.4 Å². The standard InChI is InChI=1S/C16H22O6.C16H22O4.2CH4/c1-13(17)14-3-5-15(6-4-14)16(18)22-12-11-21-10-9-20-8-7-19-2;1-11(2)9-15(10-19-4)20-16(18)14-7-5-13(6-8-14)12(3)17;;/h3-6H,7-12H2,1-2H3;5-8,11,15H,9-10H2,1-4H3;2*1H4. The minimum atomic E-state index is -0.435. The first-order chi connectivity index (χ1) is 20.1. The molecule has 0 fully saturated rings. The number of Topliss-reactive ketones (excluding diaryl/α,β-unsaturated/α-hetero) is 2. The van der Waals surface area contributed by atoms with Crippen LogP contribution < -0.4 is 0 Å². The highest BCUT2D eigenvalue weighted by Gasteiger charge is 2.17. The molecule has 44 heavy (non-hydrogen) atoms. The first-order valence-corrected chi connectivity index (χ1v) is 13.8. The molecule has 0 bridgehead atoms. The molecular formula is C34H52O10. The van der Waals surface area contributed by atoms with E-state index < -0.39 is 5.97 Å². The summed E-state index contributed by atoms with van der Waals surface area (Å²) < 4.78 is 30.9. The van der Waals surface area contributed by atoms with Gasteiger partial charge in [0.1, 0.15) is 12.7 Å². The first kappa shape index (κ1) is 42.7. The minimum absolute atomic E-state index is 0. The second-order valence-corrected chi connectivity index (χ2v) is 9.73. The van der Waals surface area contributed by atoms with Crippen LogP contribution in [0.2, 0.25) is 0 Å². The molecule has 0 aliphatic heterocycles. The molecule has 2 rings (SSSR count). The van der Waals surface area contributed by atoms with E-state index in [4.69, 9.17) is 28.4 Å². The third-order valence-corrected chi connectivity index (χ3v) is 5.68. The summed E-state index contributed by atoms with van der Waals surface area (Å²) in [5, 5.41) is 0. The van der Waals surface area contributed by atoms with Crippen molar-refractivity contribution in [2.24, 2.45) is 5.92 Å². The maximum Gasteiger partial charge on any atom is 0.338 e. The van der Waals surface area contributed by atoms with E-state index in [2.05, 4.69) is 13.8 Å². The van der Waals surface area contributed by atoms with Crippen LogP contribution in [0.5, 0.6) is 0 Å². The fraction of sp³-hybridized carbons (Fsp3) is 0.529. The van der Waals surface area contributed by atoms with Crippen LogP contribution in [0, 0.1) is 5.92 Å². The van der Waals surface area contributed by atoms with E-state index in [1.54, 1.807) is 62.8 Å². The van der Waals surface area contributed by atoms with Crippen LogP contribution in [0.25, 0.3) is 0 Å². The summed E-state index contributed by atoms with van der Waals surface area (Å²) in [6.45, 7) is 9.97. The van der Waals surface area contributed by atoms with Gasteiger partial charge in [0.05, 0.1) is 50.8 Å². The van der Waals surface area contributed by atoms with Crippen molar-refractivity contribution in [3.63, 3.8) is 0 Å². The molecule has 0 amide bonds. The fourth-order valence-electron chi connectivity index (χ4n) is 3.50. The molecule has 10 nitrogen and oxygen atoms in total. The van der Waals surface area contributed by atoms with E-state index in [9.17, 15) is 19.2 Å². The fourth-order valence-corrected chi connectivity index (χ4v) is 3.50. The largest absolute Gasteiger partial charge is 0.460 e. The quantitative estimate of drug-likeness (QED) is 0.110. The molecular weight excluding hydrogens is 568 g/mol. The van der Waals surface area contributed by atoms with Crippen LogP contribution in [0.3, 0.4) is 0 Å². The molecule has 0 saturated heterocycles. The monoisotopic (exact) mass is 620 g/mol. The molecule has 0 aliphatic rings. The smallest absolute Gasteiger partial charge is 0.338 e. The number of ether oxygens (including phenoxy) is 6. The van der Waals surface area contributed by atoms with Crippen molar-refractivity contribution >= 4 is 23.5 Å². The summed E-state index contributed by atoms with van der Waals surface area (Å²) in [5.41, 5.74) is 2.00. The maximum absolute atomic E-state index is 12.0. The van der Waals surface area contributed by atoms with Crippen LogP contribution in [0.4, 0.5) is 0 Å². The molecule has 0 heterocycles. The van der Waals surface area contributed by atoms with Gasteiger partial charge in [-0.25, -0.2) is 9.59 Å². The number of benzene rings is 2. The predicted molar refractivity (Wildman–Crippen MR) is 171 cm³/mol. The number of carbonyl (C=O) groups is 4. The molecule has 0 N–H and O–H groups in total. The SMILES string of the molecule is C.C.COCC(CC(C)C)OC(=O)c1ccc(C(C)=O)cc1.COCCOCCOCCOC(=O)c1ccc(C(C)=O)cc1. The van der Waals surface area contributed by atoms with Gasteiger partial charge in [0.2, 0.25) is 0 Å². The Bertz CT molecular complexity index is 1080. The Kier molecular flexibility index (Phi) is 24.2. The van der Waals surface area contributed by atoms with Crippen LogP contribution in [-0.4, -0.2) is 90.1 Å². The molecule has 2 aromatic carbocycles. The third-order valence-electron chi connectivity index (χ3n) is 5.68. The summed E-state index contributed by atoms with van der Waals surface area (Å²) >= 11 is 0. The topological polar surface area (TPSA) is 124 Å². The lowest BCUT2D eigenvalue weighted by Crippen LogP contribution is -2.24. The van der Waals surface area contributed by atoms with Crippen molar-refractivity contribution < 1.29 is 47.6 Å². The van der Waals surface area contributed by atoms with Crippen LogP contribution in [0.1, 0.15) is 90.4 Å². The van der Waals surface area contributed by atoms with Gasteiger partial charge in [-0.3, -0.25) is 9.59 Å². The number of ketones is 2. The molecule has 0 saturated carbocycles. The van der Waals surface area contributed by atoms with Gasteiger partial charge in [-0.05, 0) is 50.5 Å². The average molecular weight is 621 g/mol. The highest BCUT2D eigenvalue weighted by Crippen LogP contribution is 2.13. The van der Waals surface area contributed by atoms with Gasteiger partial charge in [0.25, 0.3) is 0 Å². The Morgan fingerprint density at radius 3 is 1.41 bits per heavy atom. The molecule has 0 radical (unpaired) electrons. The van der Waals surface area contributed by atoms with Crippen molar-refractivity contribution in [2.45, 2.75) is 55.1 Å². The normalized spacial score (nSPS) is 10.8. The van der Waals surface area contributed by atoms with E-state index in [1.165, 1.54) is 13.8 Å². The van der Waals surface area contributed by atoms with E-state index >= 15 is 0 Å². The zero-order valence-electron chi connectivity index (χ0n) is 25.5. The molecule has 2 aromatic rings.